The molecule has 0 radical (unpaired) electrons. The number of ether oxygens (including phenoxy) is 1. The van der Waals surface area contributed by atoms with Gasteiger partial charge in [-0.05, 0) is 29.5 Å². The van der Waals surface area contributed by atoms with Gasteiger partial charge in [-0.25, -0.2) is 0 Å². The zero-order valence-electron chi connectivity index (χ0n) is 20.5. The second-order valence-electron chi connectivity index (χ2n) is 8.62. The van der Waals surface area contributed by atoms with E-state index in [0.717, 1.165) is 42.6 Å². The fraction of sp³-hybridized carbons (Fsp3) is 0.333. The van der Waals surface area contributed by atoms with E-state index < -0.39 is 12.0 Å². The van der Waals surface area contributed by atoms with E-state index in [1.54, 1.807) is 0 Å². The zero-order valence-corrected chi connectivity index (χ0v) is 20.5. The van der Waals surface area contributed by atoms with Gasteiger partial charge in [-0.1, -0.05) is 104 Å². The summed E-state index contributed by atoms with van der Waals surface area (Å²) in [6.45, 7) is 4.00. The van der Waals surface area contributed by atoms with Gasteiger partial charge in [-0.2, -0.15) is 0 Å². The summed E-state index contributed by atoms with van der Waals surface area (Å²) in [4.78, 5) is 26.8. The minimum Gasteiger partial charge on any atom is -0.381 e. The molecule has 3 rings (SSSR count). The number of hydrogen-bond donors (Lipinski definition) is 2. The molecule has 3 aromatic rings. The van der Waals surface area contributed by atoms with Crippen molar-refractivity contribution in [2.24, 2.45) is 0 Å². The highest BCUT2D eigenvalue weighted by Gasteiger charge is 2.28. The Morgan fingerprint density at radius 1 is 0.743 bits per heavy atom. The molecule has 184 valence electrons. The molecule has 0 aliphatic carbocycles. The van der Waals surface area contributed by atoms with Crippen LogP contribution in [0.25, 0.3) is 0 Å². The Kier molecular flexibility index (Phi) is 11.0. The summed E-state index contributed by atoms with van der Waals surface area (Å²) in [5.41, 5.74) is 2.77. The van der Waals surface area contributed by atoms with Crippen molar-refractivity contribution in [2.45, 2.75) is 44.6 Å². The summed E-state index contributed by atoms with van der Waals surface area (Å²) in [6.07, 6.45) is 3.30. The fourth-order valence-electron chi connectivity index (χ4n) is 3.96. The number of benzene rings is 3. The molecule has 0 heterocycles. The molecular weight excluding hydrogens is 436 g/mol. The van der Waals surface area contributed by atoms with E-state index in [2.05, 4.69) is 17.6 Å². The molecule has 1 unspecified atom stereocenters. The Bertz CT molecular complexity index is 970. The largest absolute Gasteiger partial charge is 0.381 e. The molecule has 0 saturated heterocycles. The number of nitrogens with one attached hydrogen (secondary N) is 2. The van der Waals surface area contributed by atoms with Crippen molar-refractivity contribution in [2.75, 3.05) is 19.8 Å². The maximum atomic E-state index is 13.6. The fourth-order valence-corrected chi connectivity index (χ4v) is 3.96. The molecule has 0 bridgehead atoms. The van der Waals surface area contributed by atoms with Crippen LogP contribution in [0.2, 0.25) is 0 Å². The van der Waals surface area contributed by atoms with Gasteiger partial charge < -0.3 is 15.4 Å². The Morgan fingerprint density at radius 2 is 1.29 bits per heavy atom. The first-order valence-corrected chi connectivity index (χ1v) is 12.5. The van der Waals surface area contributed by atoms with E-state index in [0.29, 0.717) is 19.6 Å². The van der Waals surface area contributed by atoms with Crippen LogP contribution in [0.5, 0.6) is 0 Å². The van der Waals surface area contributed by atoms with Gasteiger partial charge in [0.25, 0.3) is 0 Å². The van der Waals surface area contributed by atoms with Crippen LogP contribution in [0, 0.1) is 0 Å². The van der Waals surface area contributed by atoms with Crippen LogP contribution in [-0.4, -0.2) is 37.6 Å². The molecule has 0 aliphatic rings. The van der Waals surface area contributed by atoms with E-state index in [1.807, 2.05) is 91.0 Å². The smallest absolute Gasteiger partial charge is 0.242 e. The maximum Gasteiger partial charge on any atom is 0.242 e. The van der Waals surface area contributed by atoms with Crippen molar-refractivity contribution in [1.29, 1.82) is 0 Å². The van der Waals surface area contributed by atoms with Gasteiger partial charge >= 0.3 is 0 Å². The van der Waals surface area contributed by atoms with Crippen molar-refractivity contribution in [3.8, 4) is 0 Å². The third-order valence-corrected chi connectivity index (χ3v) is 5.85. The summed E-state index contributed by atoms with van der Waals surface area (Å²) in [6, 6.07) is 28.4. The van der Waals surface area contributed by atoms with Crippen LogP contribution < -0.4 is 10.6 Å². The molecule has 3 aromatic carbocycles. The molecule has 2 amide bonds. The average Bonchev–Trinajstić information content (AvgIpc) is 2.89. The third-order valence-electron chi connectivity index (χ3n) is 5.85. The van der Waals surface area contributed by atoms with Crippen LogP contribution in [-0.2, 0) is 20.7 Å². The molecular formula is C30H36N2O3. The Labute approximate surface area is 208 Å². The quantitative estimate of drug-likeness (QED) is 0.329. The van der Waals surface area contributed by atoms with Crippen LogP contribution in [0.1, 0.15) is 48.8 Å². The van der Waals surface area contributed by atoms with Gasteiger partial charge in [0.15, 0.2) is 0 Å². The zero-order chi connectivity index (χ0) is 24.7. The predicted molar refractivity (Wildman–Crippen MR) is 140 cm³/mol. The van der Waals surface area contributed by atoms with Gasteiger partial charge in [0.1, 0.15) is 6.04 Å². The van der Waals surface area contributed by atoms with Crippen LogP contribution in [0.4, 0.5) is 0 Å². The highest BCUT2D eigenvalue weighted by atomic mass is 16.5. The second kappa shape index (κ2) is 14.7. The number of rotatable bonds is 14. The van der Waals surface area contributed by atoms with E-state index in [1.165, 1.54) is 0 Å². The molecule has 2 N–H and O–H groups in total. The molecule has 0 aromatic heterocycles. The monoisotopic (exact) mass is 472 g/mol. The Balaban J connectivity index is 1.71. The molecule has 0 aliphatic heterocycles. The van der Waals surface area contributed by atoms with Gasteiger partial charge in [0.05, 0.1) is 5.92 Å². The number of carbonyl (C=O) groups excluding carboxylic acids is 2. The second-order valence-corrected chi connectivity index (χ2v) is 8.62. The SMILES string of the molecule is CCCCOCCCNC(=O)C(Cc1ccccc1)NC(=O)C(c1ccccc1)c1ccccc1. The topological polar surface area (TPSA) is 67.4 Å². The van der Waals surface area contributed by atoms with E-state index in [9.17, 15) is 9.59 Å². The van der Waals surface area contributed by atoms with Crippen LogP contribution in [0.15, 0.2) is 91.0 Å². The summed E-state index contributed by atoms with van der Waals surface area (Å²) in [5, 5.41) is 6.03. The van der Waals surface area contributed by atoms with Crippen molar-refractivity contribution in [3.05, 3.63) is 108 Å². The van der Waals surface area contributed by atoms with Crippen molar-refractivity contribution in [3.63, 3.8) is 0 Å². The molecule has 5 heteroatoms. The summed E-state index contributed by atoms with van der Waals surface area (Å²) < 4.78 is 5.58. The van der Waals surface area contributed by atoms with E-state index >= 15 is 0 Å². The van der Waals surface area contributed by atoms with E-state index in [4.69, 9.17) is 4.74 Å². The maximum absolute atomic E-state index is 13.6. The lowest BCUT2D eigenvalue weighted by Gasteiger charge is -2.23. The Morgan fingerprint density at radius 3 is 1.86 bits per heavy atom. The lowest BCUT2D eigenvalue weighted by Crippen LogP contribution is -2.49. The van der Waals surface area contributed by atoms with Crippen LogP contribution in [0.3, 0.4) is 0 Å². The number of carbonyl (C=O) groups is 2. The Hall–Kier alpha value is -3.44. The van der Waals surface area contributed by atoms with Crippen molar-refractivity contribution in [1.82, 2.24) is 10.6 Å². The van der Waals surface area contributed by atoms with Crippen molar-refractivity contribution >= 4 is 11.8 Å². The molecule has 0 fully saturated rings. The summed E-state index contributed by atoms with van der Waals surface area (Å²) >= 11 is 0. The number of unbranched alkanes of at least 4 members (excludes halogenated alkanes) is 1. The first kappa shape index (κ1) is 26.2. The lowest BCUT2D eigenvalue weighted by molar-refractivity contribution is -0.129. The molecule has 35 heavy (non-hydrogen) atoms. The minimum atomic E-state index is -0.680. The molecule has 0 spiro atoms. The minimum absolute atomic E-state index is 0.185. The summed E-state index contributed by atoms with van der Waals surface area (Å²) in [5.74, 6) is -0.882. The molecule has 1 atom stereocenters. The average molecular weight is 473 g/mol. The normalized spacial score (nSPS) is 11.7. The lowest BCUT2D eigenvalue weighted by atomic mass is 9.90. The predicted octanol–water partition coefficient (Wildman–Crippen LogP) is 4.87. The molecule has 0 saturated carbocycles. The van der Waals surface area contributed by atoms with Gasteiger partial charge in [0, 0.05) is 26.2 Å². The highest BCUT2D eigenvalue weighted by Crippen LogP contribution is 2.25. The van der Waals surface area contributed by atoms with Crippen molar-refractivity contribution < 1.29 is 14.3 Å². The standard InChI is InChI=1S/C30H36N2O3/c1-2-3-21-35-22-13-20-31-29(33)27(23-24-14-7-4-8-15-24)32-30(34)28(25-16-9-5-10-17-25)26-18-11-6-12-19-26/h4-12,14-19,27-28H,2-3,13,20-23H2,1H3,(H,31,33)(H,32,34). The first-order valence-electron chi connectivity index (χ1n) is 12.5. The van der Waals surface area contributed by atoms with Crippen LogP contribution >= 0.6 is 0 Å². The molecule has 5 nitrogen and oxygen atoms in total. The van der Waals surface area contributed by atoms with Gasteiger partial charge in [0.2, 0.25) is 11.8 Å². The number of hydrogen-bond acceptors (Lipinski definition) is 3. The van der Waals surface area contributed by atoms with E-state index in [-0.39, 0.29) is 11.8 Å². The van der Waals surface area contributed by atoms with Gasteiger partial charge in [-0.3, -0.25) is 9.59 Å². The number of amides is 2. The van der Waals surface area contributed by atoms with Gasteiger partial charge in [-0.15, -0.1) is 0 Å². The third kappa shape index (κ3) is 8.69. The highest BCUT2D eigenvalue weighted by molar-refractivity contribution is 5.92. The summed E-state index contributed by atoms with van der Waals surface area (Å²) in [7, 11) is 0. The first-order chi connectivity index (χ1) is 17.2.